The summed E-state index contributed by atoms with van der Waals surface area (Å²) in [6.45, 7) is 6.77. The molecule has 2 heterocycles. The maximum atomic E-state index is 12.7. The van der Waals surface area contributed by atoms with Crippen LogP contribution in [0.2, 0.25) is 0 Å². The average Bonchev–Trinajstić information content (AvgIpc) is 3.10. The van der Waals surface area contributed by atoms with Gasteiger partial charge in [-0.05, 0) is 44.9 Å². The van der Waals surface area contributed by atoms with E-state index in [1.807, 2.05) is 66.3 Å². The van der Waals surface area contributed by atoms with Gasteiger partial charge in [0.2, 0.25) is 5.91 Å². The van der Waals surface area contributed by atoms with Crippen molar-refractivity contribution in [3.05, 3.63) is 48.3 Å². The number of benzene rings is 1. The number of amides is 1. The third kappa shape index (κ3) is 4.28. The van der Waals surface area contributed by atoms with Crippen LogP contribution < -0.4 is 0 Å². The molecule has 1 aliphatic heterocycles. The number of aromatic nitrogens is 2. The molecule has 5 heteroatoms. The van der Waals surface area contributed by atoms with Gasteiger partial charge in [-0.2, -0.15) is 5.10 Å². The van der Waals surface area contributed by atoms with E-state index in [4.69, 9.17) is 0 Å². The number of carbonyl (C=O) groups is 1. The van der Waals surface area contributed by atoms with E-state index in [0.29, 0.717) is 6.54 Å². The summed E-state index contributed by atoms with van der Waals surface area (Å²) in [5.41, 5.74) is 2.15. The molecule has 134 valence electrons. The van der Waals surface area contributed by atoms with Crippen LogP contribution in [-0.4, -0.2) is 51.7 Å². The molecule has 0 spiro atoms. The molecule has 0 aliphatic carbocycles. The minimum absolute atomic E-state index is 0.117. The number of piperidine rings is 1. The van der Waals surface area contributed by atoms with Gasteiger partial charge in [-0.15, -0.1) is 0 Å². The first-order valence-corrected chi connectivity index (χ1v) is 9.12. The molecule has 1 unspecified atom stereocenters. The molecule has 1 aliphatic rings. The van der Waals surface area contributed by atoms with Crippen molar-refractivity contribution in [2.75, 3.05) is 20.1 Å². The minimum Gasteiger partial charge on any atom is -0.341 e. The van der Waals surface area contributed by atoms with Gasteiger partial charge in [0, 0.05) is 31.4 Å². The molecular weight excluding hydrogens is 312 g/mol. The number of likely N-dealkylation sites (tertiary alicyclic amines) is 1. The number of rotatable bonds is 5. The van der Waals surface area contributed by atoms with Crippen LogP contribution in [0, 0.1) is 5.92 Å². The summed E-state index contributed by atoms with van der Waals surface area (Å²) < 4.78 is 1.88. The van der Waals surface area contributed by atoms with E-state index in [-0.39, 0.29) is 11.9 Å². The van der Waals surface area contributed by atoms with Gasteiger partial charge in [0.1, 0.15) is 0 Å². The molecule has 1 fully saturated rings. The second kappa shape index (κ2) is 7.83. The fourth-order valence-corrected chi connectivity index (χ4v) is 3.27. The summed E-state index contributed by atoms with van der Waals surface area (Å²) in [5.74, 6) is 0.978. The van der Waals surface area contributed by atoms with Gasteiger partial charge in [-0.25, -0.2) is 4.68 Å². The smallest absolute Gasteiger partial charge is 0.239 e. The van der Waals surface area contributed by atoms with Crippen molar-refractivity contribution in [1.82, 2.24) is 19.6 Å². The lowest BCUT2D eigenvalue weighted by molar-refractivity contribution is -0.137. The molecule has 1 amide bonds. The lowest BCUT2D eigenvalue weighted by Gasteiger charge is -2.34. The predicted molar refractivity (Wildman–Crippen MR) is 99.5 cm³/mol. The van der Waals surface area contributed by atoms with E-state index in [1.165, 1.54) is 0 Å². The first-order chi connectivity index (χ1) is 12.0. The van der Waals surface area contributed by atoms with Crippen LogP contribution in [0.4, 0.5) is 0 Å². The Morgan fingerprint density at radius 2 is 1.96 bits per heavy atom. The van der Waals surface area contributed by atoms with Crippen molar-refractivity contribution in [1.29, 1.82) is 0 Å². The zero-order valence-corrected chi connectivity index (χ0v) is 15.4. The fourth-order valence-electron chi connectivity index (χ4n) is 3.27. The van der Waals surface area contributed by atoms with Gasteiger partial charge in [0.05, 0.1) is 17.9 Å². The number of carbonyl (C=O) groups excluding carboxylic acids is 1. The number of hydrogen-bond donors (Lipinski definition) is 0. The highest BCUT2D eigenvalue weighted by atomic mass is 16.2. The van der Waals surface area contributed by atoms with Crippen molar-refractivity contribution in [3.63, 3.8) is 0 Å². The molecule has 1 aromatic carbocycles. The normalized spacial score (nSPS) is 17.0. The maximum absolute atomic E-state index is 12.7. The van der Waals surface area contributed by atoms with E-state index in [0.717, 1.165) is 43.1 Å². The van der Waals surface area contributed by atoms with Crippen LogP contribution in [0.25, 0.3) is 5.69 Å². The van der Waals surface area contributed by atoms with Gasteiger partial charge < -0.3 is 4.90 Å². The Hall–Kier alpha value is -2.14. The third-order valence-corrected chi connectivity index (χ3v) is 5.20. The Morgan fingerprint density at radius 1 is 1.28 bits per heavy atom. The van der Waals surface area contributed by atoms with Crippen molar-refractivity contribution < 1.29 is 4.79 Å². The average molecular weight is 340 g/mol. The molecular formula is C20H28N4O. The van der Waals surface area contributed by atoms with Crippen molar-refractivity contribution in [2.45, 2.75) is 39.3 Å². The first kappa shape index (κ1) is 17.7. The summed E-state index contributed by atoms with van der Waals surface area (Å²) in [7, 11) is 2.01. The van der Waals surface area contributed by atoms with Crippen LogP contribution in [0.5, 0.6) is 0 Å². The standard InChI is InChI=1S/C20H28N4O/c1-16-9-11-23(12-10-16)20(25)17(2)22(3)14-18-13-21-24(15-18)19-7-5-4-6-8-19/h4-8,13,15-17H,9-12,14H2,1-3H3. The summed E-state index contributed by atoms with van der Waals surface area (Å²) in [4.78, 5) is 16.9. The maximum Gasteiger partial charge on any atom is 0.239 e. The van der Waals surface area contributed by atoms with Gasteiger partial charge in [-0.3, -0.25) is 9.69 Å². The van der Waals surface area contributed by atoms with E-state index in [1.54, 1.807) is 0 Å². The topological polar surface area (TPSA) is 41.4 Å². The molecule has 1 saturated heterocycles. The molecule has 0 saturated carbocycles. The van der Waals surface area contributed by atoms with Crippen molar-refractivity contribution >= 4 is 5.91 Å². The highest BCUT2D eigenvalue weighted by Gasteiger charge is 2.26. The van der Waals surface area contributed by atoms with Gasteiger partial charge in [0.15, 0.2) is 0 Å². The molecule has 0 radical (unpaired) electrons. The highest BCUT2D eigenvalue weighted by Crippen LogP contribution is 2.18. The fraction of sp³-hybridized carbons (Fsp3) is 0.500. The Balaban J connectivity index is 1.59. The zero-order valence-electron chi connectivity index (χ0n) is 15.4. The number of likely N-dealkylation sites (N-methyl/N-ethyl adjacent to an activating group) is 1. The number of nitrogens with zero attached hydrogens (tertiary/aromatic N) is 4. The Labute approximate surface area is 150 Å². The van der Waals surface area contributed by atoms with Gasteiger partial charge >= 0.3 is 0 Å². The monoisotopic (exact) mass is 340 g/mol. The summed E-state index contributed by atoms with van der Waals surface area (Å²) in [5, 5.41) is 4.44. The highest BCUT2D eigenvalue weighted by molar-refractivity contribution is 5.81. The molecule has 5 nitrogen and oxygen atoms in total. The molecule has 3 rings (SSSR count). The second-order valence-electron chi connectivity index (χ2n) is 7.23. The van der Waals surface area contributed by atoms with E-state index < -0.39 is 0 Å². The van der Waals surface area contributed by atoms with Crippen LogP contribution in [-0.2, 0) is 11.3 Å². The zero-order chi connectivity index (χ0) is 17.8. The molecule has 0 N–H and O–H groups in total. The second-order valence-corrected chi connectivity index (χ2v) is 7.23. The molecule has 1 aromatic heterocycles. The summed E-state index contributed by atoms with van der Waals surface area (Å²) in [6.07, 6.45) is 6.15. The lowest BCUT2D eigenvalue weighted by atomic mass is 9.99. The number of para-hydroxylation sites is 1. The van der Waals surface area contributed by atoms with E-state index in [2.05, 4.69) is 16.9 Å². The van der Waals surface area contributed by atoms with Crippen LogP contribution in [0.3, 0.4) is 0 Å². The Morgan fingerprint density at radius 3 is 2.64 bits per heavy atom. The van der Waals surface area contributed by atoms with E-state index in [9.17, 15) is 4.79 Å². The number of hydrogen-bond acceptors (Lipinski definition) is 3. The van der Waals surface area contributed by atoms with Crippen LogP contribution in [0.15, 0.2) is 42.7 Å². The Kier molecular flexibility index (Phi) is 5.53. The van der Waals surface area contributed by atoms with Crippen molar-refractivity contribution in [3.8, 4) is 5.69 Å². The van der Waals surface area contributed by atoms with Crippen molar-refractivity contribution in [2.24, 2.45) is 5.92 Å². The van der Waals surface area contributed by atoms with Gasteiger partial charge in [0.25, 0.3) is 0 Å². The Bertz CT molecular complexity index is 689. The largest absolute Gasteiger partial charge is 0.341 e. The minimum atomic E-state index is -0.117. The summed E-state index contributed by atoms with van der Waals surface area (Å²) >= 11 is 0. The summed E-state index contributed by atoms with van der Waals surface area (Å²) in [6, 6.07) is 9.95. The predicted octanol–water partition coefficient (Wildman–Crippen LogP) is 2.95. The van der Waals surface area contributed by atoms with E-state index >= 15 is 0 Å². The molecule has 0 bridgehead atoms. The third-order valence-electron chi connectivity index (χ3n) is 5.20. The first-order valence-electron chi connectivity index (χ1n) is 9.12. The van der Waals surface area contributed by atoms with Crippen LogP contribution in [0.1, 0.15) is 32.3 Å². The quantitative estimate of drug-likeness (QED) is 0.840. The molecule has 2 aromatic rings. The molecule has 25 heavy (non-hydrogen) atoms. The SMILES string of the molecule is CC1CCN(C(=O)C(C)N(C)Cc2cnn(-c3ccccc3)c2)CC1. The van der Waals surface area contributed by atoms with Gasteiger partial charge in [-0.1, -0.05) is 25.1 Å². The lowest BCUT2D eigenvalue weighted by Crippen LogP contribution is -2.48. The van der Waals surface area contributed by atoms with Crippen LogP contribution >= 0.6 is 0 Å². The molecule has 1 atom stereocenters.